The lowest BCUT2D eigenvalue weighted by molar-refractivity contribution is -0.137. The van der Waals surface area contributed by atoms with Crippen LogP contribution in [0.15, 0.2) is 18.2 Å². The predicted octanol–water partition coefficient (Wildman–Crippen LogP) is 5.15. The molecule has 2 atom stereocenters. The second-order valence-electron chi connectivity index (χ2n) is 11.3. The van der Waals surface area contributed by atoms with Crippen molar-refractivity contribution < 1.29 is 31.1 Å². The summed E-state index contributed by atoms with van der Waals surface area (Å²) < 4.78 is 95.3. The average molecular weight is 624 g/mol. The number of thiazole rings is 1. The number of hydrogen-bond acceptors (Lipinski definition) is 9. The second kappa shape index (κ2) is 10.3. The van der Waals surface area contributed by atoms with Crippen LogP contribution in [-0.2, 0) is 6.18 Å². The molecule has 0 unspecified atom stereocenters. The number of alkyl halides is 4. The van der Waals surface area contributed by atoms with Crippen molar-refractivity contribution in [1.82, 2.24) is 25.2 Å². The molecule has 8 nitrogen and oxygen atoms in total. The number of rotatable bonds is 5. The van der Waals surface area contributed by atoms with Gasteiger partial charge in [0, 0.05) is 55.7 Å². The largest absolute Gasteiger partial charge is 0.461 e. The number of fused-ring (bicyclic) bond motifs is 3. The molecule has 2 aromatic carbocycles. The van der Waals surface area contributed by atoms with Crippen molar-refractivity contribution in [3.63, 3.8) is 0 Å². The van der Waals surface area contributed by atoms with E-state index in [-0.39, 0.29) is 56.7 Å². The van der Waals surface area contributed by atoms with Crippen molar-refractivity contribution in [3.05, 3.63) is 35.4 Å². The van der Waals surface area contributed by atoms with Gasteiger partial charge in [-0.05, 0) is 37.6 Å². The Balaban J connectivity index is 1.42. The Kier molecular flexibility index (Phi) is 6.81. The lowest BCUT2D eigenvalue weighted by Gasteiger charge is -2.32. The van der Waals surface area contributed by atoms with Gasteiger partial charge >= 0.3 is 12.2 Å². The summed E-state index contributed by atoms with van der Waals surface area (Å²) in [6.45, 7) is 3.01. The Morgan fingerprint density at radius 2 is 1.88 bits per heavy atom. The highest BCUT2D eigenvalue weighted by Crippen LogP contribution is 2.46. The van der Waals surface area contributed by atoms with Crippen molar-refractivity contribution in [2.24, 2.45) is 0 Å². The molecule has 0 saturated carbocycles. The minimum atomic E-state index is -4.99. The summed E-state index contributed by atoms with van der Waals surface area (Å²) in [5.41, 5.74) is 2.31. The van der Waals surface area contributed by atoms with Crippen LogP contribution in [0.3, 0.4) is 0 Å². The van der Waals surface area contributed by atoms with E-state index in [0.717, 1.165) is 48.9 Å². The fraction of sp³-hybridized carbons (Fsp3) is 0.464. The fourth-order valence-electron chi connectivity index (χ4n) is 6.70. The van der Waals surface area contributed by atoms with E-state index in [1.807, 2.05) is 4.90 Å². The summed E-state index contributed by atoms with van der Waals surface area (Å²) in [6.07, 6.45) is -4.09. The van der Waals surface area contributed by atoms with E-state index in [1.165, 1.54) is 0 Å². The number of nitrogens with zero attached hydrogens (tertiary/aromatic N) is 5. The van der Waals surface area contributed by atoms with Crippen LogP contribution in [0.2, 0.25) is 0 Å². The molecule has 0 bridgehead atoms. The molecule has 3 aliphatic rings. The molecule has 228 valence electrons. The summed E-state index contributed by atoms with van der Waals surface area (Å²) in [7, 11) is 0. The van der Waals surface area contributed by atoms with Gasteiger partial charge in [-0.15, -0.1) is 0 Å². The van der Waals surface area contributed by atoms with Gasteiger partial charge in [0.1, 0.15) is 29.9 Å². The van der Waals surface area contributed by atoms with Crippen molar-refractivity contribution in [2.45, 2.75) is 37.1 Å². The topological polar surface area (TPSA) is 92.4 Å². The van der Waals surface area contributed by atoms with E-state index in [0.29, 0.717) is 32.7 Å². The normalized spacial score (nSPS) is 23.0. The molecule has 3 N–H and O–H groups in total. The summed E-state index contributed by atoms with van der Waals surface area (Å²) in [6, 6.07) is 2.65. The van der Waals surface area contributed by atoms with Crippen LogP contribution in [0.1, 0.15) is 24.8 Å². The molecule has 0 amide bonds. The highest BCUT2D eigenvalue weighted by molar-refractivity contribution is 7.22. The molecular formula is C28H27F6N7OS. The van der Waals surface area contributed by atoms with E-state index in [9.17, 15) is 22.0 Å². The summed E-state index contributed by atoms with van der Waals surface area (Å²) in [5, 5.41) is 2.97. The molecule has 0 aliphatic carbocycles. The van der Waals surface area contributed by atoms with E-state index in [2.05, 4.69) is 20.3 Å². The Labute approximate surface area is 245 Å². The first-order chi connectivity index (χ1) is 20.5. The molecule has 0 spiro atoms. The van der Waals surface area contributed by atoms with Crippen LogP contribution in [-0.4, -0.2) is 77.4 Å². The van der Waals surface area contributed by atoms with Gasteiger partial charge in [0.15, 0.2) is 10.9 Å². The third-order valence-electron chi connectivity index (χ3n) is 8.62. The van der Waals surface area contributed by atoms with Gasteiger partial charge in [-0.25, -0.2) is 18.2 Å². The first-order valence-electron chi connectivity index (χ1n) is 14.0. The first kappa shape index (κ1) is 28.3. The Morgan fingerprint density at radius 3 is 2.65 bits per heavy atom. The smallest absolute Gasteiger partial charge is 0.417 e. The maximum absolute atomic E-state index is 16.6. The molecule has 2 aromatic heterocycles. The summed E-state index contributed by atoms with van der Waals surface area (Å²) in [4.78, 5) is 16.6. The van der Waals surface area contributed by atoms with Crippen LogP contribution >= 0.6 is 11.3 Å². The minimum Gasteiger partial charge on any atom is -0.461 e. The standard InChI is InChI=1S/C28H27F6N7OS/c29-14-11-27(4-1-7-41(27)12-14)13-42-26-38-21-16(24(39-26)40-8-5-36-6-9-40)10-17(28(32,33)34)19(20(21)31)15-2-3-18(30)23-22(15)37-25(35)43-23/h2-3,10,14,36H,1,4-9,11-13H2,(H2,35,37)/t14-,27+/m1/s1. The van der Waals surface area contributed by atoms with Gasteiger partial charge in [-0.2, -0.15) is 23.1 Å². The van der Waals surface area contributed by atoms with Gasteiger partial charge < -0.3 is 20.7 Å². The number of halogens is 6. The Morgan fingerprint density at radius 1 is 1.09 bits per heavy atom. The maximum Gasteiger partial charge on any atom is 0.417 e. The van der Waals surface area contributed by atoms with Gasteiger partial charge in [0.05, 0.1) is 21.3 Å². The van der Waals surface area contributed by atoms with Crippen molar-refractivity contribution >= 4 is 43.4 Å². The zero-order valence-corrected chi connectivity index (χ0v) is 23.6. The molecule has 3 fully saturated rings. The quantitative estimate of drug-likeness (QED) is 0.295. The number of hydrogen-bond donors (Lipinski definition) is 2. The number of nitrogen functional groups attached to an aromatic ring is 1. The zero-order chi connectivity index (χ0) is 30.1. The van der Waals surface area contributed by atoms with E-state index < -0.39 is 40.6 Å². The van der Waals surface area contributed by atoms with Gasteiger partial charge in [0.25, 0.3) is 0 Å². The molecule has 0 radical (unpaired) electrons. The Hall–Kier alpha value is -3.43. The van der Waals surface area contributed by atoms with Gasteiger partial charge in [-0.1, -0.05) is 11.3 Å². The molecule has 3 saturated heterocycles. The molecule has 15 heteroatoms. The van der Waals surface area contributed by atoms with Crippen molar-refractivity contribution in [2.75, 3.05) is 56.5 Å². The molecular weight excluding hydrogens is 596 g/mol. The van der Waals surface area contributed by atoms with E-state index in [4.69, 9.17) is 10.5 Å². The molecule has 4 aromatic rings. The number of nitrogens with one attached hydrogen (secondary N) is 1. The SMILES string of the molecule is Nc1nc2c(-c3c(C(F)(F)F)cc4c(N5CCNCC5)nc(OC[C@@]56CCCN5C[C@H](F)C6)nc4c3F)ccc(F)c2s1. The molecule has 43 heavy (non-hydrogen) atoms. The van der Waals surface area contributed by atoms with Gasteiger partial charge in [-0.3, -0.25) is 4.90 Å². The molecule has 3 aliphatic heterocycles. The van der Waals surface area contributed by atoms with Crippen LogP contribution in [0.25, 0.3) is 32.2 Å². The minimum absolute atomic E-state index is 0.0612. The number of ether oxygens (including phenoxy) is 1. The monoisotopic (exact) mass is 623 g/mol. The lowest BCUT2D eigenvalue weighted by Crippen LogP contribution is -2.44. The van der Waals surface area contributed by atoms with Crippen LogP contribution in [0, 0.1) is 11.6 Å². The van der Waals surface area contributed by atoms with Crippen LogP contribution in [0.5, 0.6) is 6.01 Å². The van der Waals surface area contributed by atoms with E-state index in [1.54, 1.807) is 4.90 Å². The Bertz CT molecular complexity index is 1730. The maximum atomic E-state index is 16.6. The van der Waals surface area contributed by atoms with Crippen molar-refractivity contribution in [1.29, 1.82) is 0 Å². The summed E-state index contributed by atoms with van der Waals surface area (Å²) in [5.74, 6) is -1.89. The summed E-state index contributed by atoms with van der Waals surface area (Å²) >= 11 is 0.759. The second-order valence-corrected chi connectivity index (χ2v) is 12.3. The number of nitrogens with two attached hydrogens (primary N) is 1. The molecule has 5 heterocycles. The van der Waals surface area contributed by atoms with E-state index >= 15 is 4.39 Å². The number of aromatic nitrogens is 3. The fourth-order valence-corrected chi connectivity index (χ4v) is 7.47. The van der Waals surface area contributed by atoms with Crippen molar-refractivity contribution in [3.8, 4) is 17.1 Å². The highest BCUT2D eigenvalue weighted by Gasteiger charge is 2.49. The van der Waals surface area contributed by atoms with Crippen LogP contribution in [0.4, 0.5) is 37.3 Å². The number of piperazine rings is 1. The number of benzene rings is 2. The zero-order valence-electron chi connectivity index (χ0n) is 22.8. The van der Waals surface area contributed by atoms with Gasteiger partial charge in [0.2, 0.25) is 0 Å². The van der Waals surface area contributed by atoms with Crippen LogP contribution < -0.4 is 20.7 Å². The molecule has 7 rings (SSSR count). The first-order valence-corrected chi connectivity index (χ1v) is 14.8. The highest BCUT2D eigenvalue weighted by atomic mass is 32.1. The third-order valence-corrected chi connectivity index (χ3v) is 9.52. The third kappa shape index (κ3) is 4.81. The lowest BCUT2D eigenvalue weighted by atomic mass is 9.95. The predicted molar refractivity (Wildman–Crippen MR) is 151 cm³/mol. The number of anilines is 2. The average Bonchev–Trinajstić information content (AvgIpc) is 3.64.